The molecule has 0 aliphatic rings. The highest BCUT2D eigenvalue weighted by atomic mass is 16.6. The van der Waals surface area contributed by atoms with E-state index in [2.05, 4.69) is 0 Å². The van der Waals surface area contributed by atoms with Crippen LogP contribution >= 0.6 is 0 Å². The zero-order valence-corrected chi connectivity index (χ0v) is 7.97. The zero-order chi connectivity index (χ0) is 9.07. The lowest BCUT2D eigenvalue weighted by Gasteiger charge is -2.28. The van der Waals surface area contributed by atoms with Gasteiger partial charge in [-0.15, -0.1) is 0 Å². The summed E-state index contributed by atoms with van der Waals surface area (Å²) in [5.74, 6) is 0.0927. The molecule has 0 bridgehead atoms. The molecule has 0 fully saturated rings. The van der Waals surface area contributed by atoms with Gasteiger partial charge in [0.2, 0.25) is 0 Å². The van der Waals surface area contributed by atoms with E-state index < -0.39 is 0 Å². The van der Waals surface area contributed by atoms with Gasteiger partial charge in [0.25, 0.3) is 0 Å². The average Bonchev–Trinajstić information content (AvgIpc) is 1.86. The first-order valence-corrected chi connectivity index (χ1v) is 3.92. The molecule has 0 unspecified atom stereocenters. The van der Waals surface area contributed by atoms with Crippen LogP contribution in [0.1, 0.15) is 34.6 Å². The van der Waals surface area contributed by atoms with Crippen molar-refractivity contribution in [3.63, 3.8) is 0 Å². The standard InChI is InChI=1S/C9H17O2/c1-6-8(10)11-9(4,5)7(2)3/h6-7H,1-5H3. The van der Waals surface area contributed by atoms with Crippen LogP contribution in [0.5, 0.6) is 0 Å². The van der Waals surface area contributed by atoms with E-state index >= 15 is 0 Å². The molecule has 0 rings (SSSR count). The molecule has 0 aliphatic carbocycles. The number of carbonyl (C=O) groups is 1. The van der Waals surface area contributed by atoms with Crippen molar-refractivity contribution in [2.75, 3.05) is 0 Å². The first-order chi connectivity index (χ1) is 4.90. The topological polar surface area (TPSA) is 26.3 Å². The van der Waals surface area contributed by atoms with Gasteiger partial charge in [0.15, 0.2) is 0 Å². The molecule has 0 aliphatic heterocycles. The summed E-state index contributed by atoms with van der Waals surface area (Å²) >= 11 is 0. The lowest BCUT2D eigenvalue weighted by atomic mass is 9.95. The maximum absolute atomic E-state index is 10.9. The molecule has 2 heteroatoms. The second-order valence-electron chi connectivity index (χ2n) is 3.47. The minimum absolute atomic E-state index is 0.247. The maximum atomic E-state index is 10.9. The molecule has 0 amide bonds. The van der Waals surface area contributed by atoms with Crippen LogP contribution in [0.4, 0.5) is 0 Å². The van der Waals surface area contributed by atoms with E-state index in [-0.39, 0.29) is 11.6 Å². The second kappa shape index (κ2) is 3.74. The highest BCUT2D eigenvalue weighted by Crippen LogP contribution is 2.20. The maximum Gasteiger partial charge on any atom is 0.310 e. The Labute approximate surface area is 68.9 Å². The van der Waals surface area contributed by atoms with Crippen molar-refractivity contribution in [1.82, 2.24) is 0 Å². The Bertz CT molecular complexity index is 136. The third-order valence-corrected chi connectivity index (χ3v) is 1.99. The van der Waals surface area contributed by atoms with Crippen LogP contribution in [0, 0.1) is 12.3 Å². The molecule has 0 atom stereocenters. The summed E-state index contributed by atoms with van der Waals surface area (Å²) in [7, 11) is 0. The predicted molar refractivity (Wildman–Crippen MR) is 45.0 cm³/mol. The second-order valence-corrected chi connectivity index (χ2v) is 3.47. The van der Waals surface area contributed by atoms with Crippen LogP contribution in [-0.4, -0.2) is 11.6 Å². The molecule has 1 radical (unpaired) electrons. The summed E-state index contributed by atoms with van der Waals surface area (Å²) in [6.45, 7) is 9.57. The molecule has 2 nitrogen and oxygen atoms in total. The van der Waals surface area contributed by atoms with E-state index in [1.165, 1.54) is 6.42 Å². The normalized spacial score (nSPS) is 11.8. The highest BCUT2D eigenvalue weighted by molar-refractivity contribution is 5.78. The van der Waals surface area contributed by atoms with E-state index in [9.17, 15) is 4.79 Å². The molecular formula is C9H17O2. The Hall–Kier alpha value is -0.530. The van der Waals surface area contributed by atoms with Crippen LogP contribution < -0.4 is 0 Å². The molecule has 0 spiro atoms. The minimum atomic E-state index is -0.358. The summed E-state index contributed by atoms with van der Waals surface area (Å²) < 4.78 is 5.15. The van der Waals surface area contributed by atoms with Gasteiger partial charge in [-0.1, -0.05) is 20.8 Å². The van der Waals surface area contributed by atoms with E-state index in [1.807, 2.05) is 27.7 Å². The predicted octanol–water partition coefficient (Wildman–Crippen LogP) is 2.19. The lowest BCUT2D eigenvalue weighted by Crippen LogP contribution is -2.33. The quantitative estimate of drug-likeness (QED) is 0.587. The Morgan fingerprint density at radius 3 is 2.18 bits per heavy atom. The fourth-order valence-electron chi connectivity index (χ4n) is 0.436. The van der Waals surface area contributed by atoms with Gasteiger partial charge in [0.05, 0.1) is 6.42 Å². The Balaban J connectivity index is 4.01. The van der Waals surface area contributed by atoms with Crippen LogP contribution in [0.3, 0.4) is 0 Å². The Morgan fingerprint density at radius 1 is 1.45 bits per heavy atom. The first-order valence-electron chi connectivity index (χ1n) is 3.92. The number of carbonyl (C=O) groups excluding carboxylic acids is 1. The van der Waals surface area contributed by atoms with E-state index in [1.54, 1.807) is 6.92 Å². The number of esters is 1. The van der Waals surface area contributed by atoms with E-state index in [4.69, 9.17) is 4.74 Å². The summed E-state index contributed by atoms with van der Waals surface area (Å²) in [6.07, 6.45) is 1.43. The molecule has 0 saturated heterocycles. The van der Waals surface area contributed by atoms with Crippen molar-refractivity contribution in [2.24, 2.45) is 5.92 Å². The van der Waals surface area contributed by atoms with Crippen LogP contribution in [0.2, 0.25) is 0 Å². The summed E-state index contributed by atoms with van der Waals surface area (Å²) in [5.41, 5.74) is -0.358. The van der Waals surface area contributed by atoms with Crippen molar-refractivity contribution in [3.05, 3.63) is 6.42 Å². The molecule has 0 aromatic carbocycles. The molecule has 0 saturated carbocycles. The number of hydrogen-bond donors (Lipinski definition) is 0. The Kier molecular flexibility index (Phi) is 3.56. The summed E-state index contributed by atoms with van der Waals surface area (Å²) in [4.78, 5) is 10.9. The van der Waals surface area contributed by atoms with Crippen LogP contribution in [0.15, 0.2) is 0 Å². The lowest BCUT2D eigenvalue weighted by molar-refractivity contribution is -0.155. The summed E-state index contributed by atoms with van der Waals surface area (Å²) in [6, 6.07) is 0. The van der Waals surface area contributed by atoms with Gasteiger partial charge in [-0.3, -0.25) is 4.79 Å². The van der Waals surface area contributed by atoms with Crippen molar-refractivity contribution in [2.45, 2.75) is 40.2 Å². The Morgan fingerprint density at radius 2 is 1.91 bits per heavy atom. The smallest absolute Gasteiger partial charge is 0.310 e. The van der Waals surface area contributed by atoms with Gasteiger partial charge in [0.1, 0.15) is 5.60 Å². The summed E-state index contributed by atoms with van der Waals surface area (Å²) in [5, 5.41) is 0. The van der Waals surface area contributed by atoms with Gasteiger partial charge in [-0.25, -0.2) is 0 Å². The number of ether oxygens (including phenoxy) is 1. The van der Waals surface area contributed by atoms with E-state index in [0.29, 0.717) is 5.92 Å². The van der Waals surface area contributed by atoms with Crippen LogP contribution in [0.25, 0.3) is 0 Å². The van der Waals surface area contributed by atoms with Gasteiger partial charge >= 0.3 is 5.97 Å². The van der Waals surface area contributed by atoms with Crippen molar-refractivity contribution < 1.29 is 9.53 Å². The molecule has 0 N–H and O–H groups in total. The molecule has 11 heavy (non-hydrogen) atoms. The number of rotatable bonds is 3. The SMILES string of the molecule is C[CH]C(=O)OC(C)(C)C(C)C. The highest BCUT2D eigenvalue weighted by Gasteiger charge is 2.25. The van der Waals surface area contributed by atoms with Crippen LogP contribution in [-0.2, 0) is 9.53 Å². The molecule has 65 valence electrons. The van der Waals surface area contributed by atoms with Gasteiger partial charge < -0.3 is 4.74 Å². The third kappa shape index (κ3) is 3.40. The molecule has 0 heterocycles. The van der Waals surface area contributed by atoms with Crippen molar-refractivity contribution in [3.8, 4) is 0 Å². The van der Waals surface area contributed by atoms with E-state index in [0.717, 1.165) is 0 Å². The molecule has 0 aromatic heterocycles. The van der Waals surface area contributed by atoms with Gasteiger partial charge in [-0.05, 0) is 19.8 Å². The third-order valence-electron chi connectivity index (χ3n) is 1.99. The fraction of sp³-hybridized carbons (Fsp3) is 0.778. The molecule has 0 aromatic rings. The van der Waals surface area contributed by atoms with Crippen molar-refractivity contribution >= 4 is 5.97 Å². The average molecular weight is 157 g/mol. The zero-order valence-electron chi connectivity index (χ0n) is 7.97. The largest absolute Gasteiger partial charge is 0.459 e. The van der Waals surface area contributed by atoms with Gasteiger partial charge in [-0.2, -0.15) is 0 Å². The minimum Gasteiger partial charge on any atom is -0.459 e. The monoisotopic (exact) mass is 157 g/mol. The van der Waals surface area contributed by atoms with Gasteiger partial charge in [0, 0.05) is 0 Å². The number of hydrogen-bond acceptors (Lipinski definition) is 2. The van der Waals surface area contributed by atoms with Crippen molar-refractivity contribution in [1.29, 1.82) is 0 Å². The first kappa shape index (κ1) is 10.5. The molecular weight excluding hydrogens is 140 g/mol. The fourth-order valence-corrected chi connectivity index (χ4v) is 0.436.